The Kier molecular flexibility index (Phi) is 2.62. The van der Waals surface area contributed by atoms with Crippen LogP contribution >= 0.6 is 0 Å². The monoisotopic (exact) mass is 205 g/mol. The molecule has 3 nitrogen and oxygen atoms in total. The second-order valence-electron chi connectivity index (χ2n) is 3.72. The second kappa shape index (κ2) is 3.93. The molecule has 2 rings (SSSR count). The van der Waals surface area contributed by atoms with Gasteiger partial charge in [-0.3, -0.25) is 0 Å². The van der Waals surface area contributed by atoms with E-state index in [4.69, 9.17) is 4.84 Å². The van der Waals surface area contributed by atoms with Crippen LogP contribution in [0.2, 0.25) is 0 Å². The van der Waals surface area contributed by atoms with Gasteiger partial charge in [-0.2, -0.15) is 0 Å². The molecule has 3 heteroatoms. The van der Waals surface area contributed by atoms with Gasteiger partial charge in [-0.05, 0) is 23.3 Å². The van der Waals surface area contributed by atoms with Crippen molar-refractivity contribution in [3.8, 4) is 0 Å². The third-order valence-corrected chi connectivity index (χ3v) is 2.67. The van der Waals surface area contributed by atoms with Crippen LogP contribution in [0.15, 0.2) is 24.3 Å². The molecule has 0 N–H and O–H groups in total. The maximum absolute atomic E-state index is 5.72. The summed E-state index contributed by atoms with van der Waals surface area (Å²) in [6.45, 7) is 4.93. The van der Waals surface area contributed by atoms with E-state index in [-0.39, 0.29) is 0 Å². The number of para-hydroxylation sites is 2. The summed E-state index contributed by atoms with van der Waals surface area (Å²) in [5.41, 5.74) is 2.33. The number of imidazole rings is 1. The van der Waals surface area contributed by atoms with Gasteiger partial charge >= 0.3 is 0 Å². The summed E-state index contributed by atoms with van der Waals surface area (Å²) in [6, 6.07) is 8.27. The lowest BCUT2D eigenvalue weighted by Crippen LogP contribution is -2.45. The molecule has 0 aliphatic carbocycles. The zero-order chi connectivity index (χ0) is 10.8. The standard InChI is InChI=1S/C12H17N2O/c1-4-9-15-14-10(2)13(3)11-7-5-6-8-12(11)14/h5-8H,4,9H2,1-3H3/q+1. The lowest BCUT2D eigenvalue weighted by atomic mass is 10.3. The fourth-order valence-electron chi connectivity index (χ4n) is 1.75. The summed E-state index contributed by atoms with van der Waals surface area (Å²) in [6.07, 6.45) is 1.02. The number of aryl methyl sites for hydroxylation is 1. The largest absolute Gasteiger partial charge is 0.335 e. The van der Waals surface area contributed by atoms with Gasteiger partial charge in [0.25, 0.3) is 5.82 Å². The van der Waals surface area contributed by atoms with E-state index in [0.29, 0.717) is 0 Å². The number of benzene rings is 1. The SMILES string of the molecule is CCCO[n+]1c(C)n(C)c2ccccc21. The molecule has 1 aromatic heterocycles. The molecule has 0 aliphatic heterocycles. The topological polar surface area (TPSA) is 18.0 Å². The van der Waals surface area contributed by atoms with E-state index >= 15 is 0 Å². The van der Waals surface area contributed by atoms with Crippen LogP contribution in [0.4, 0.5) is 0 Å². The van der Waals surface area contributed by atoms with Crippen molar-refractivity contribution in [2.24, 2.45) is 7.05 Å². The van der Waals surface area contributed by atoms with Crippen molar-refractivity contribution < 1.29 is 9.57 Å². The average Bonchev–Trinajstić information content (AvgIpc) is 2.51. The molecule has 1 heterocycles. The Labute approximate surface area is 89.9 Å². The molecular weight excluding hydrogens is 188 g/mol. The molecule has 0 radical (unpaired) electrons. The van der Waals surface area contributed by atoms with Crippen LogP contribution in [0.5, 0.6) is 0 Å². The summed E-state index contributed by atoms with van der Waals surface area (Å²) in [7, 11) is 2.06. The molecule has 0 amide bonds. The Morgan fingerprint density at radius 2 is 2.07 bits per heavy atom. The van der Waals surface area contributed by atoms with Crippen molar-refractivity contribution in [2.45, 2.75) is 20.3 Å². The van der Waals surface area contributed by atoms with Gasteiger partial charge in [-0.15, -0.1) is 0 Å². The van der Waals surface area contributed by atoms with Crippen LogP contribution in [0.3, 0.4) is 0 Å². The van der Waals surface area contributed by atoms with Crippen molar-refractivity contribution in [3.05, 3.63) is 30.1 Å². The van der Waals surface area contributed by atoms with Gasteiger partial charge in [0.05, 0.1) is 7.05 Å². The number of hydrogen-bond acceptors (Lipinski definition) is 1. The van der Waals surface area contributed by atoms with Gasteiger partial charge in [0.2, 0.25) is 5.52 Å². The first kappa shape index (κ1) is 10.0. The molecule has 0 atom stereocenters. The predicted octanol–water partition coefficient (Wildman–Crippen LogP) is 1.61. The van der Waals surface area contributed by atoms with Crippen LogP contribution in [0.1, 0.15) is 19.2 Å². The molecule has 1 aromatic carbocycles. The molecule has 0 fully saturated rings. The van der Waals surface area contributed by atoms with Crippen LogP contribution in [-0.4, -0.2) is 11.2 Å². The zero-order valence-corrected chi connectivity index (χ0v) is 9.53. The summed E-state index contributed by atoms with van der Waals surface area (Å²) in [5, 5.41) is 0. The zero-order valence-electron chi connectivity index (χ0n) is 9.53. The highest BCUT2D eigenvalue weighted by atomic mass is 16.7. The van der Waals surface area contributed by atoms with Crippen molar-refractivity contribution in [3.63, 3.8) is 0 Å². The Morgan fingerprint density at radius 3 is 2.80 bits per heavy atom. The van der Waals surface area contributed by atoms with Gasteiger partial charge in [0.1, 0.15) is 6.61 Å². The summed E-state index contributed by atoms with van der Waals surface area (Å²) < 4.78 is 4.06. The minimum atomic E-state index is 0.750. The average molecular weight is 205 g/mol. The lowest BCUT2D eigenvalue weighted by molar-refractivity contribution is -0.876. The van der Waals surface area contributed by atoms with Crippen molar-refractivity contribution in [1.82, 2.24) is 4.57 Å². The summed E-state index contributed by atoms with van der Waals surface area (Å²) >= 11 is 0. The number of nitrogens with zero attached hydrogens (tertiary/aromatic N) is 2. The van der Waals surface area contributed by atoms with Gasteiger partial charge in [0.15, 0.2) is 5.52 Å². The van der Waals surface area contributed by atoms with E-state index in [0.717, 1.165) is 24.4 Å². The first-order valence-corrected chi connectivity index (χ1v) is 5.35. The molecule has 2 aromatic rings. The molecule has 15 heavy (non-hydrogen) atoms. The van der Waals surface area contributed by atoms with E-state index in [1.54, 1.807) is 0 Å². The minimum Gasteiger partial charge on any atom is -0.335 e. The molecule has 0 spiro atoms. The van der Waals surface area contributed by atoms with Crippen LogP contribution in [0, 0.1) is 6.92 Å². The number of hydrogen-bond donors (Lipinski definition) is 0. The Balaban J connectivity index is 2.56. The van der Waals surface area contributed by atoms with Crippen LogP contribution < -0.4 is 9.57 Å². The Bertz CT molecular complexity index is 474. The van der Waals surface area contributed by atoms with Gasteiger partial charge < -0.3 is 4.84 Å². The first-order valence-electron chi connectivity index (χ1n) is 5.35. The van der Waals surface area contributed by atoms with E-state index in [9.17, 15) is 0 Å². The second-order valence-corrected chi connectivity index (χ2v) is 3.72. The van der Waals surface area contributed by atoms with Crippen LogP contribution in [0.25, 0.3) is 11.0 Å². The fourth-order valence-corrected chi connectivity index (χ4v) is 1.75. The maximum Gasteiger partial charge on any atom is 0.294 e. The molecule has 80 valence electrons. The number of rotatable bonds is 3. The number of aromatic nitrogens is 2. The highest BCUT2D eigenvalue weighted by Gasteiger charge is 2.19. The minimum absolute atomic E-state index is 0.750. The molecule has 0 aliphatic rings. The van der Waals surface area contributed by atoms with E-state index in [1.165, 1.54) is 5.52 Å². The van der Waals surface area contributed by atoms with E-state index < -0.39 is 0 Å². The lowest BCUT2D eigenvalue weighted by Gasteiger charge is -1.99. The molecule has 0 bridgehead atoms. The summed E-state index contributed by atoms with van der Waals surface area (Å²) in [4.78, 5) is 5.72. The van der Waals surface area contributed by atoms with Gasteiger partial charge in [-0.1, -0.05) is 19.1 Å². The third kappa shape index (κ3) is 1.58. The smallest absolute Gasteiger partial charge is 0.294 e. The highest BCUT2D eigenvalue weighted by Crippen LogP contribution is 2.11. The molecule has 0 unspecified atom stereocenters. The van der Waals surface area contributed by atoms with Crippen LogP contribution in [-0.2, 0) is 7.05 Å². The Hall–Kier alpha value is -1.51. The normalized spacial score (nSPS) is 10.9. The fraction of sp³-hybridized carbons (Fsp3) is 0.417. The predicted molar refractivity (Wildman–Crippen MR) is 59.6 cm³/mol. The molecular formula is C12H17N2O+. The van der Waals surface area contributed by atoms with Crippen molar-refractivity contribution >= 4 is 11.0 Å². The van der Waals surface area contributed by atoms with Crippen molar-refractivity contribution in [2.75, 3.05) is 6.61 Å². The van der Waals surface area contributed by atoms with Gasteiger partial charge in [-0.25, -0.2) is 4.57 Å². The maximum atomic E-state index is 5.72. The Morgan fingerprint density at radius 1 is 1.33 bits per heavy atom. The summed E-state index contributed by atoms with van der Waals surface area (Å²) in [5.74, 6) is 1.12. The first-order chi connectivity index (χ1) is 7.25. The van der Waals surface area contributed by atoms with Crippen molar-refractivity contribution in [1.29, 1.82) is 0 Å². The number of fused-ring (bicyclic) bond motifs is 1. The molecule has 0 saturated carbocycles. The third-order valence-electron chi connectivity index (χ3n) is 2.67. The van der Waals surface area contributed by atoms with Gasteiger partial charge in [0, 0.05) is 6.92 Å². The van der Waals surface area contributed by atoms with E-state index in [1.807, 2.05) is 16.9 Å². The molecule has 0 saturated heterocycles. The highest BCUT2D eigenvalue weighted by molar-refractivity contribution is 5.71. The quantitative estimate of drug-likeness (QED) is 0.696. The van der Waals surface area contributed by atoms with E-state index in [2.05, 4.69) is 37.6 Å².